The van der Waals surface area contributed by atoms with E-state index in [-0.39, 0.29) is 73.5 Å². The number of carbonyl (C=O) groups is 2. The van der Waals surface area contributed by atoms with E-state index in [1.165, 1.54) is 0 Å². The summed E-state index contributed by atoms with van der Waals surface area (Å²) in [6.07, 6.45) is 8.77. The molecule has 0 aromatic carbocycles. The molecule has 4 aliphatic carbocycles. The van der Waals surface area contributed by atoms with Crippen LogP contribution >= 0.6 is 0 Å². The van der Waals surface area contributed by atoms with Crippen LogP contribution in [0.15, 0.2) is 0 Å². The van der Waals surface area contributed by atoms with Crippen molar-refractivity contribution in [2.24, 2.45) is 33.5 Å². The molecule has 0 saturated heterocycles. The van der Waals surface area contributed by atoms with Gasteiger partial charge in [-0.25, -0.2) is 0 Å². The van der Waals surface area contributed by atoms with Gasteiger partial charge in [-0.05, 0) is 67.6 Å². The monoisotopic (exact) mass is 356 g/mol. The third kappa shape index (κ3) is 2.35. The molecule has 4 heteroatoms. The molecule has 0 unspecified atom stereocenters. The molecular formula is C20H29KO3. The maximum Gasteiger partial charge on any atom is 1.00 e. The first kappa shape index (κ1) is 19.5. The molecule has 6 atom stereocenters. The van der Waals surface area contributed by atoms with Crippen LogP contribution in [0.3, 0.4) is 0 Å². The summed E-state index contributed by atoms with van der Waals surface area (Å²) < 4.78 is 0. The average Bonchev–Trinajstić information content (AvgIpc) is 2.63. The summed E-state index contributed by atoms with van der Waals surface area (Å²) in [4.78, 5) is 24.6. The zero-order valence-electron chi connectivity index (χ0n) is 15.7. The number of rotatable bonds is 1. The Kier molecular flexibility index (Phi) is 4.79. The normalized spacial score (nSPS) is 52.9. The van der Waals surface area contributed by atoms with Gasteiger partial charge in [-0.2, -0.15) is 0 Å². The molecule has 0 aliphatic heterocycles. The van der Waals surface area contributed by atoms with Crippen LogP contribution < -0.4 is 56.5 Å². The van der Waals surface area contributed by atoms with E-state index in [1.54, 1.807) is 0 Å². The molecule has 0 aromatic rings. The summed E-state index contributed by atoms with van der Waals surface area (Å²) in [5.74, 6) is 0.352. The van der Waals surface area contributed by atoms with Gasteiger partial charge in [-0.3, -0.25) is 4.79 Å². The summed E-state index contributed by atoms with van der Waals surface area (Å²) in [6.45, 7) is 6.44. The minimum Gasteiger partial charge on any atom is -0.550 e. The van der Waals surface area contributed by atoms with Crippen LogP contribution in [0.5, 0.6) is 0 Å². The van der Waals surface area contributed by atoms with Crippen molar-refractivity contribution in [2.75, 3.05) is 0 Å². The first-order chi connectivity index (χ1) is 10.7. The molecule has 128 valence electrons. The minimum absolute atomic E-state index is 0. The number of carboxylic acids is 1. The fraction of sp³-hybridized carbons (Fsp3) is 0.900. The zero-order valence-corrected chi connectivity index (χ0v) is 18.9. The molecule has 0 amide bonds. The molecule has 4 saturated carbocycles. The van der Waals surface area contributed by atoms with E-state index in [0.29, 0.717) is 11.7 Å². The van der Waals surface area contributed by atoms with E-state index in [4.69, 9.17) is 0 Å². The second-order valence-corrected chi connectivity index (χ2v) is 9.95. The molecule has 4 aliphatic rings. The third-order valence-corrected chi connectivity index (χ3v) is 8.82. The third-order valence-electron chi connectivity index (χ3n) is 8.82. The summed E-state index contributed by atoms with van der Waals surface area (Å²) in [6, 6.07) is 0. The largest absolute Gasteiger partial charge is 1.00 e. The Morgan fingerprint density at radius 2 is 1.71 bits per heavy atom. The minimum atomic E-state index is -0.854. The van der Waals surface area contributed by atoms with Gasteiger partial charge in [0.1, 0.15) is 5.78 Å². The van der Waals surface area contributed by atoms with Gasteiger partial charge in [0.2, 0.25) is 0 Å². The Labute approximate surface area is 188 Å². The van der Waals surface area contributed by atoms with Crippen LogP contribution in [0.4, 0.5) is 0 Å². The number of hydrogen-bond acceptors (Lipinski definition) is 3. The van der Waals surface area contributed by atoms with Crippen LogP contribution in [0.1, 0.15) is 78.6 Å². The molecular weight excluding hydrogens is 327 g/mol. The van der Waals surface area contributed by atoms with Crippen molar-refractivity contribution in [3.63, 3.8) is 0 Å². The second kappa shape index (κ2) is 5.89. The molecule has 0 N–H and O–H groups in total. The zero-order chi connectivity index (χ0) is 16.7. The van der Waals surface area contributed by atoms with Crippen LogP contribution in [0.25, 0.3) is 0 Å². The van der Waals surface area contributed by atoms with E-state index in [9.17, 15) is 14.7 Å². The van der Waals surface area contributed by atoms with Crippen LogP contribution in [0, 0.1) is 33.5 Å². The van der Waals surface area contributed by atoms with Crippen molar-refractivity contribution in [1.29, 1.82) is 0 Å². The second-order valence-electron chi connectivity index (χ2n) is 9.95. The molecule has 0 aromatic heterocycles. The predicted molar refractivity (Wildman–Crippen MR) is 85.3 cm³/mol. The summed E-state index contributed by atoms with van der Waals surface area (Å²) in [7, 11) is 0. The van der Waals surface area contributed by atoms with E-state index < -0.39 is 11.4 Å². The van der Waals surface area contributed by atoms with Gasteiger partial charge >= 0.3 is 51.4 Å². The van der Waals surface area contributed by atoms with Crippen molar-refractivity contribution in [2.45, 2.75) is 78.6 Å². The van der Waals surface area contributed by atoms with Crippen molar-refractivity contribution in [3.8, 4) is 0 Å². The van der Waals surface area contributed by atoms with Crippen molar-refractivity contribution in [1.82, 2.24) is 0 Å². The van der Waals surface area contributed by atoms with E-state index in [1.807, 2.05) is 6.92 Å². The van der Waals surface area contributed by atoms with Crippen LogP contribution in [-0.4, -0.2) is 11.8 Å². The van der Waals surface area contributed by atoms with Gasteiger partial charge in [0.25, 0.3) is 0 Å². The Morgan fingerprint density at radius 1 is 1.04 bits per heavy atom. The summed E-state index contributed by atoms with van der Waals surface area (Å²) in [5.41, 5.74) is -0.541. The molecule has 24 heavy (non-hydrogen) atoms. The Hall–Kier alpha value is 0.776. The maximum atomic E-state index is 12.6. The first-order valence-corrected chi connectivity index (χ1v) is 9.41. The van der Waals surface area contributed by atoms with Crippen LogP contribution in [-0.2, 0) is 9.59 Å². The summed E-state index contributed by atoms with van der Waals surface area (Å²) >= 11 is 0. The SMILES string of the molecule is C[C@@]12CC[C@@H]3[C@@](CC[C@H]4[C@@]3(C)CCC[C@@]4(C)C(=O)[O-])(CC1=O)C2.[K+]. The predicted octanol–water partition coefficient (Wildman–Crippen LogP) is 0.112. The Morgan fingerprint density at radius 3 is 2.38 bits per heavy atom. The maximum absolute atomic E-state index is 12.6. The van der Waals surface area contributed by atoms with Crippen molar-refractivity contribution < 1.29 is 66.1 Å². The molecule has 1 spiro atoms. The quantitative estimate of drug-likeness (QED) is 0.627. The molecule has 0 heterocycles. The molecule has 3 nitrogen and oxygen atoms in total. The smallest absolute Gasteiger partial charge is 0.550 e. The average molecular weight is 357 g/mol. The number of carbonyl (C=O) groups excluding carboxylic acids is 2. The standard InChI is InChI=1S/C20H30O3.K/c1-17-9-5-14-18(2)7-4-8-19(3,16(22)23)13(18)6-10-20(14,12-17)11-15(17)21;/h13-14H,4-12H2,1-3H3,(H,22,23);/q;+1/p-1/t13-,14-,17-,18+,19+,20-;/m0./s1. The fourth-order valence-electron chi connectivity index (χ4n) is 7.75. The Bertz CT molecular complexity index is 589. The molecule has 4 fully saturated rings. The number of hydrogen-bond donors (Lipinski definition) is 0. The number of aliphatic carboxylic acids is 1. The Balaban J connectivity index is 0.00000169. The summed E-state index contributed by atoms with van der Waals surface area (Å²) in [5, 5.41) is 11.9. The van der Waals surface area contributed by atoms with E-state index >= 15 is 0 Å². The molecule has 2 bridgehead atoms. The number of fused-ring (bicyclic) bond motifs is 3. The molecule has 4 rings (SSSR count). The van der Waals surface area contributed by atoms with Gasteiger partial charge in [0.15, 0.2) is 0 Å². The fourth-order valence-corrected chi connectivity index (χ4v) is 7.75. The van der Waals surface area contributed by atoms with Gasteiger partial charge in [-0.15, -0.1) is 0 Å². The first-order valence-electron chi connectivity index (χ1n) is 9.41. The number of Topliss-reactive ketones (excluding diaryl/α,β-unsaturated/α-hetero) is 1. The van der Waals surface area contributed by atoms with Gasteiger partial charge in [0.05, 0.1) is 0 Å². The van der Waals surface area contributed by atoms with Crippen LogP contribution in [0.2, 0.25) is 0 Å². The number of ketones is 1. The van der Waals surface area contributed by atoms with E-state index in [2.05, 4.69) is 13.8 Å². The van der Waals surface area contributed by atoms with Crippen molar-refractivity contribution in [3.05, 3.63) is 0 Å². The number of carboxylic acid groups (broad SMARTS) is 1. The van der Waals surface area contributed by atoms with Gasteiger partial charge < -0.3 is 9.90 Å². The molecule has 0 radical (unpaired) electrons. The van der Waals surface area contributed by atoms with Crippen molar-refractivity contribution >= 4 is 11.8 Å². The topological polar surface area (TPSA) is 57.2 Å². The van der Waals surface area contributed by atoms with E-state index in [0.717, 1.165) is 57.8 Å². The van der Waals surface area contributed by atoms with Gasteiger partial charge in [-0.1, -0.05) is 27.2 Å². The van der Waals surface area contributed by atoms with Gasteiger partial charge in [0, 0.05) is 23.2 Å².